The highest BCUT2D eigenvalue weighted by Gasteiger charge is 2.23. The molecule has 1 aliphatic heterocycles. The molecule has 17 heavy (non-hydrogen) atoms. The van der Waals surface area contributed by atoms with Crippen molar-refractivity contribution in [3.05, 3.63) is 23.8 Å². The summed E-state index contributed by atoms with van der Waals surface area (Å²) in [5, 5.41) is 18.7. The molecule has 1 unspecified atom stereocenters. The molecule has 2 N–H and O–H groups in total. The van der Waals surface area contributed by atoms with E-state index in [9.17, 15) is 10.2 Å². The molecule has 96 valence electrons. The largest absolute Gasteiger partial charge is 0.504 e. The van der Waals surface area contributed by atoms with E-state index in [0.29, 0.717) is 5.92 Å². The number of aromatic hydroxyl groups is 2. The molecule has 3 nitrogen and oxygen atoms in total. The number of hydrogen-bond donors (Lipinski definition) is 2. The van der Waals surface area contributed by atoms with Gasteiger partial charge in [0.25, 0.3) is 0 Å². The zero-order valence-corrected chi connectivity index (χ0v) is 11.8. The molecule has 0 aromatic heterocycles. The Bertz CT molecular complexity index is 370. The minimum absolute atomic E-state index is 0. The molecule has 0 saturated carbocycles. The fraction of sp³-hybridized carbons (Fsp3) is 0.538. The molecule has 1 fully saturated rings. The van der Waals surface area contributed by atoms with Crippen molar-refractivity contribution in [1.29, 1.82) is 0 Å². The standard InChI is InChI=1S/C13H19NO2.BrH/c1-2-6-14-7-5-11(9-14)10-3-4-12(15)13(16)8-10;/h3-4,8,11,15-16H,2,5-7,9H2,1H3;1H. The van der Waals surface area contributed by atoms with Crippen LogP contribution in [-0.4, -0.2) is 34.7 Å². The second-order valence-electron chi connectivity index (χ2n) is 4.53. The Morgan fingerprint density at radius 2 is 2.06 bits per heavy atom. The van der Waals surface area contributed by atoms with Crippen molar-refractivity contribution < 1.29 is 10.2 Å². The van der Waals surface area contributed by atoms with Crippen LogP contribution in [-0.2, 0) is 0 Å². The van der Waals surface area contributed by atoms with Gasteiger partial charge in [0.2, 0.25) is 0 Å². The third-order valence-electron chi connectivity index (χ3n) is 3.28. The van der Waals surface area contributed by atoms with Gasteiger partial charge in [-0.15, -0.1) is 17.0 Å². The highest BCUT2D eigenvalue weighted by atomic mass is 79.9. The quantitative estimate of drug-likeness (QED) is 0.844. The molecule has 1 heterocycles. The Balaban J connectivity index is 0.00000144. The van der Waals surface area contributed by atoms with Crippen LogP contribution in [0.15, 0.2) is 18.2 Å². The van der Waals surface area contributed by atoms with Crippen molar-refractivity contribution in [3.8, 4) is 11.5 Å². The van der Waals surface area contributed by atoms with Crippen LogP contribution in [0.25, 0.3) is 0 Å². The van der Waals surface area contributed by atoms with Gasteiger partial charge in [-0.05, 0) is 49.5 Å². The van der Waals surface area contributed by atoms with E-state index < -0.39 is 0 Å². The SMILES string of the molecule is Br.CCCN1CCC(c2ccc(O)c(O)c2)C1. The zero-order valence-electron chi connectivity index (χ0n) is 10.1. The van der Waals surface area contributed by atoms with Crippen LogP contribution in [0.3, 0.4) is 0 Å². The Morgan fingerprint density at radius 1 is 1.29 bits per heavy atom. The Hall–Kier alpha value is -0.740. The molecule has 0 spiro atoms. The van der Waals surface area contributed by atoms with Crippen LogP contribution in [0.4, 0.5) is 0 Å². The minimum Gasteiger partial charge on any atom is -0.504 e. The normalized spacial score (nSPS) is 20.2. The van der Waals surface area contributed by atoms with Crippen molar-refractivity contribution in [2.75, 3.05) is 19.6 Å². The number of likely N-dealkylation sites (tertiary alicyclic amines) is 1. The van der Waals surface area contributed by atoms with Gasteiger partial charge in [-0.25, -0.2) is 0 Å². The van der Waals surface area contributed by atoms with Crippen molar-refractivity contribution in [3.63, 3.8) is 0 Å². The van der Waals surface area contributed by atoms with E-state index in [1.807, 2.05) is 6.07 Å². The van der Waals surface area contributed by atoms with Crippen molar-refractivity contribution in [2.45, 2.75) is 25.7 Å². The summed E-state index contributed by atoms with van der Waals surface area (Å²) in [7, 11) is 0. The lowest BCUT2D eigenvalue weighted by Crippen LogP contribution is -2.20. The van der Waals surface area contributed by atoms with Crippen LogP contribution >= 0.6 is 17.0 Å². The summed E-state index contributed by atoms with van der Waals surface area (Å²) in [6, 6.07) is 5.18. The summed E-state index contributed by atoms with van der Waals surface area (Å²) >= 11 is 0. The second kappa shape index (κ2) is 6.26. The molecule has 0 aliphatic carbocycles. The lowest BCUT2D eigenvalue weighted by atomic mass is 9.98. The van der Waals surface area contributed by atoms with E-state index in [0.717, 1.165) is 31.6 Å². The molecule has 1 aromatic rings. The van der Waals surface area contributed by atoms with Crippen LogP contribution in [0.1, 0.15) is 31.2 Å². The monoisotopic (exact) mass is 301 g/mol. The van der Waals surface area contributed by atoms with Crippen LogP contribution in [0, 0.1) is 0 Å². The van der Waals surface area contributed by atoms with Gasteiger partial charge in [0, 0.05) is 6.54 Å². The average molecular weight is 302 g/mol. The van der Waals surface area contributed by atoms with Gasteiger partial charge in [-0.2, -0.15) is 0 Å². The molecule has 1 aromatic carbocycles. The number of phenolic OH excluding ortho intramolecular Hbond substituents is 2. The lowest BCUT2D eigenvalue weighted by Gasteiger charge is -2.15. The topological polar surface area (TPSA) is 43.7 Å². The first-order chi connectivity index (χ1) is 7.70. The summed E-state index contributed by atoms with van der Waals surface area (Å²) in [4.78, 5) is 2.45. The van der Waals surface area contributed by atoms with Gasteiger partial charge in [0.05, 0.1) is 0 Å². The van der Waals surface area contributed by atoms with Crippen molar-refractivity contribution in [2.24, 2.45) is 0 Å². The molecular weight excluding hydrogens is 282 g/mol. The molecule has 1 atom stereocenters. The van der Waals surface area contributed by atoms with Crippen LogP contribution in [0.2, 0.25) is 0 Å². The number of nitrogens with zero attached hydrogens (tertiary/aromatic N) is 1. The van der Waals surface area contributed by atoms with Crippen LogP contribution < -0.4 is 0 Å². The molecule has 1 saturated heterocycles. The number of rotatable bonds is 3. The predicted octanol–water partition coefficient (Wildman–Crippen LogP) is 2.88. The van der Waals surface area contributed by atoms with E-state index in [1.54, 1.807) is 12.1 Å². The van der Waals surface area contributed by atoms with E-state index in [1.165, 1.54) is 6.42 Å². The first-order valence-electron chi connectivity index (χ1n) is 5.95. The van der Waals surface area contributed by atoms with E-state index in [2.05, 4.69) is 11.8 Å². The van der Waals surface area contributed by atoms with E-state index in [4.69, 9.17) is 0 Å². The first-order valence-corrected chi connectivity index (χ1v) is 5.95. The number of hydrogen-bond acceptors (Lipinski definition) is 3. The zero-order chi connectivity index (χ0) is 11.5. The van der Waals surface area contributed by atoms with Gasteiger partial charge >= 0.3 is 0 Å². The predicted molar refractivity (Wildman–Crippen MR) is 74.2 cm³/mol. The summed E-state index contributed by atoms with van der Waals surface area (Å²) in [6.07, 6.45) is 2.33. The lowest BCUT2D eigenvalue weighted by molar-refractivity contribution is 0.335. The third kappa shape index (κ3) is 3.36. The maximum Gasteiger partial charge on any atom is 0.157 e. The molecule has 0 amide bonds. The van der Waals surface area contributed by atoms with Gasteiger partial charge in [0.1, 0.15) is 0 Å². The van der Waals surface area contributed by atoms with Gasteiger partial charge in [-0.1, -0.05) is 13.0 Å². The Kier molecular flexibility index (Phi) is 5.28. The third-order valence-corrected chi connectivity index (χ3v) is 3.28. The summed E-state index contributed by atoms with van der Waals surface area (Å²) in [5.41, 5.74) is 1.13. The maximum atomic E-state index is 9.47. The second-order valence-corrected chi connectivity index (χ2v) is 4.53. The average Bonchev–Trinajstić information content (AvgIpc) is 2.71. The highest BCUT2D eigenvalue weighted by Crippen LogP contribution is 2.32. The Labute approximate surface area is 113 Å². The summed E-state index contributed by atoms with van der Waals surface area (Å²) in [6.45, 7) is 5.55. The van der Waals surface area contributed by atoms with E-state index in [-0.39, 0.29) is 28.5 Å². The first kappa shape index (κ1) is 14.3. The van der Waals surface area contributed by atoms with Crippen molar-refractivity contribution >= 4 is 17.0 Å². The number of halogens is 1. The van der Waals surface area contributed by atoms with E-state index >= 15 is 0 Å². The number of phenols is 2. The van der Waals surface area contributed by atoms with Crippen LogP contribution in [0.5, 0.6) is 11.5 Å². The smallest absolute Gasteiger partial charge is 0.157 e. The molecule has 1 aliphatic rings. The highest BCUT2D eigenvalue weighted by molar-refractivity contribution is 8.93. The molecule has 0 radical (unpaired) electrons. The molecule has 0 bridgehead atoms. The van der Waals surface area contributed by atoms with Gasteiger partial charge in [-0.3, -0.25) is 0 Å². The van der Waals surface area contributed by atoms with Gasteiger partial charge < -0.3 is 15.1 Å². The van der Waals surface area contributed by atoms with Gasteiger partial charge in [0.15, 0.2) is 11.5 Å². The number of benzene rings is 1. The van der Waals surface area contributed by atoms with Crippen molar-refractivity contribution in [1.82, 2.24) is 4.90 Å². The minimum atomic E-state index is -0.0350. The molecule has 4 heteroatoms. The summed E-state index contributed by atoms with van der Waals surface area (Å²) < 4.78 is 0. The Morgan fingerprint density at radius 3 is 2.71 bits per heavy atom. The summed E-state index contributed by atoms with van der Waals surface area (Å²) in [5.74, 6) is 0.455. The molecular formula is C13H20BrNO2. The fourth-order valence-electron chi connectivity index (χ4n) is 2.42. The fourth-order valence-corrected chi connectivity index (χ4v) is 2.42. The maximum absolute atomic E-state index is 9.47. The molecule has 2 rings (SSSR count).